The molecule has 0 fully saturated rings. The second kappa shape index (κ2) is 6.15. The lowest BCUT2D eigenvalue weighted by Crippen LogP contribution is -2.03. The highest BCUT2D eigenvalue weighted by atomic mass is 35.5. The first kappa shape index (κ1) is 15.1. The van der Waals surface area contributed by atoms with E-state index < -0.39 is 0 Å². The number of ether oxygens (including phenoxy) is 1. The third kappa shape index (κ3) is 2.79. The molecular weight excluding hydrogens is 312 g/mol. The Kier molecular flexibility index (Phi) is 4.05. The van der Waals surface area contributed by atoms with Crippen LogP contribution in [0.4, 0.5) is 0 Å². The average Bonchev–Trinajstić information content (AvgIpc) is 2.97. The Balaban J connectivity index is 2.13. The minimum Gasteiger partial charge on any atom is -0.462 e. The number of H-pyrrole nitrogens is 1. The number of nitriles is 1. The number of halogens is 1. The fourth-order valence-electron chi connectivity index (χ4n) is 2.47. The van der Waals surface area contributed by atoms with Gasteiger partial charge in [0.1, 0.15) is 0 Å². The van der Waals surface area contributed by atoms with Crippen molar-refractivity contribution in [3.05, 3.63) is 58.7 Å². The van der Waals surface area contributed by atoms with Crippen LogP contribution in [0.2, 0.25) is 5.02 Å². The van der Waals surface area contributed by atoms with Crippen LogP contribution in [0.15, 0.2) is 42.6 Å². The van der Waals surface area contributed by atoms with Crippen molar-refractivity contribution >= 4 is 28.5 Å². The van der Waals surface area contributed by atoms with Crippen LogP contribution >= 0.6 is 11.6 Å². The molecule has 0 saturated heterocycles. The van der Waals surface area contributed by atoms with Gasteiger partial charge in [0.25, 0.3) is 0 Å². The molecule has 0 aliphatic rings. The number of aromatic nitrogens is 1. The Morgan fingerprint density at radius 1 is 1.30 bits per heavy atom. The summed E-state index contributed by atoms with van der Waals surface area (Å²) in [5.74, 6) is -0.369. The van der Waals surface area contributed by atoms with E-state index in [1.54, 1.807) is 31.3 Å². The highest BCUT2D eigenvalue weighted by Crippen LogP contribution is 2.33. The number of esters is 1. The molecule has 0 aliphatic carbocycles. The second-order valence-corrected chi connectivity index (χ2v) is 5.40. The lowest BCUT2D eigenvalue weighted by molar-refractivity contribution is 0.0529. The third-order valence-electron chi connectivity index (χ3n) is 3.59. The van der Waals surface area contributed by atoms with Crippen LogP contribution in [-0.4, -0.2) is 17.6 Å². The third-order valence-corrected chi connectivity index (χ3v) is 3.90. The lowest BCUT2D eigenvalue weighted by atomic mass is 10.0. The summed E-state index contributed by atoms with van der Waals surface area (Å²) in [4.78, 5) is 15.1. The first-order valence-electron chi connectivity index (χ1n) is 7.12. The summed E-state index contributed by atoms with van der Waals surface area (Å²) in [7, 11) is 0. The van der Waals surface area contributed by atoms with Crippen molar-refractivity contribution in [1.82, 2.24) is 4.98 Å². The maximum Gasteiger partial charge on any atom is 0.340 e. The van der Waals surface area contributed by atoms with Gasteiger partial charge in [-0.3, -0.25) is 0 Å². The highest BCUT2D eigenvalue weighted by molar-refractivity contribution is 6.34. The number of carbonyl (C=O) groups excluding carboxylic acids is 1. The Morgan fingerprint density at radius 2 is 2.04 bits per heavy atom. The van der Waals surface area contributed by atoms with Gasteiger partial charge in [-0.25, -0.2) is 4.79 Å². The van der Waals surface area contributed by atoms with Crippen LogP contribution < -0.4 is 0 Å². The molecule has 1 aromatic heterocycles. The van der Waals surface area contributed by atoms with Crippen LogP contribution in [0.25, 0.3) is 22.0 Å². The van der Waals surface area contributed by atoms with E-state index in [9.17, 15) is 4.79 Å². The molecule has 0 spiro atoms. The molecule has 0 atom stereocenters. The molecular formula is C18H13ClN2O2. The summed E-state index contributed by atoms with van der Waals surface area (Å²) < 4.78 is 5.07. The zero-order valence-corrected chi connectivity index (χ0v) is 13.1. The summed E-state index contributed by atoms with van der Waals surface area (Å²) in [5, 5.41) is 10.2. The molecule has 0 radical (unpaired) electrons. The summed E-state index contributed by atoms with van der Waals surface area (Å²) in [6.45, 7) is 2.09. The molecule has 0 bridgehead atoms. The Labute approximate surface area is 138 Å². The van der Waals surface area contributed by atoms with Gasteiger partial charge in [0.15, 0.2) is 0 Å². The zero-order valence-electron chi connectivity index (χ0n) is 12.4. The van der Waals surface area contributed by atoms with E-state index in [1.807, 2.05) is 18.2 Å². The molecule has 5 heteroatoms. The molecule has 0 unspecified atom stereocenters. The number of nitrogens with one attached hydrogen (secondary N) is 1. The average molecular weight is 325 g/mol. The van der Waals surface area contributed by atoms with E-state index in [1.165, 1.54) is 0 Å². The minimum atomic E-state index is -0.369. The smallest absolute Gasteiger partial charge is 0.340 e. The minimum absolute atomic E-state index is 0.321. The molecule has 23 heavy (non-hydrogen) atoms. The molecule has 1 heterocycles. The van der Waals surface area contributed by atoms with Gasteiger partial charge in [-0.05, 0) is 36.8 Å². The van der Waals surface area contributed by atoms with Crippen LogP contribution in [-0.2, 0) is 4.74 Å². The maximum atomic E-state index is 12.0. The Morgan fingerprint density at radius 3 is 2.70 bits per heavy atom. The van der Waals surface area contributed by atoms with E-state index in [2.05, 4.69) is 11.1 Å². The van der Waals surface area contributed by atoms with Crippen molar-refractivity contribution in [2.75, 3.05) is 6.61 Å². The Hall–Kier alpha value is -2.77. The van der Waals surface area contributed by atoms with E-state index in [0.717, 1.165) is 22.0 Å². The number of hydrogen-bond donors (Lipinski definition) is 1. The molecule has 3 aromatic rings. The van der Waals surface area contributed by atoms with Gasteiger partial charge >= 0.3 is 5.97 Å². The number of aromatic amines is 1. The van der Waals surface area contributed by atoms with E-state index in [0.29, 0.717) is 22.8 Å². The maximum absolute atomic E-state index is 12.0. The molecule has 1 N–H and O–H groups in total. The van der Waals surface area contributed by atoms with Crippen molar-refractivity contribution in [2.24, 2.45) is 0 Å². The van der Waals surface area contributed by atoms with Gasteiger partial charge < -0.3 is 9.72 Å². The van der Waals surface area contributed by atoms with Crippen LogP contribution in [0.1, 0.15) is 22.8 Å². The van der Waals surface area contributed by atoms with Gasteiger partial charge in [0.05, 0.1) is 28.8 Å². The molecule has 0 aliphatic heterocycles. The number of rotatable bonds is 3. The molecule has 0 amide bonds. The standard InChI is InChI=1S/C18H13ClN2O2/c1-2-23-18(22)15-10-21-17-8-16(19)13(7-14(15)17)12-5-3-11(9-20)4-6-12/h3-8,10,21H,2H2,1H3. The fraction of sp³-hybridized carbons (Fsp3) is 0.111. The van der Waals surface area contributed by atoms with E-state index in [-0.39, 0.29) is 5.97 Å². The monoisotopic (exact) mass is 324 g/mol. The first-order valence-corrected chi connectivity index (χ1v) is 7.50. The largest absolute Gasteiger partial charge is 0.462 e. The molecule has 2 aromatic carbocycles. The summed E-state index contributed by atoms with van der Waals surface area (Å²) in [5.41, 5.74) is 3.52. The summed E-state index contributed by atoms with van der Waals surface area (Å²) >= 11 is 6.36. The van der Waals surface area contributed by atoms with Gasteiger partial charge in [-0.2, -0.15) is 5.26 Å². The fourth-order valence-corrected chi connectivity index (χ4v) is 2.74. The number of carbonyl (C=O) groups is 1. The van der Waals surface area contributed by atoms with Crippen LogP contribution in [0, 0.1) is 11.3 Å². The van der Waals surface area contributed by atoms with Crippen LogP contribution in [0.5, 0.6) is 0 Å². The summed E-state index contributed by atoms with van der Waals surface area (Å²) in [6.07, 6.45) is 1.63. The molecule has 114 valence electrons. The van der Waals surface area contributed by atoms with E-state index in [4.69, 9.17) is 21.6 Å². The molecule has 0 saturated carbocycles. The quantitative estimate of drug-likeness (QED) is 0.719. The predicted octanol–water partition coefficient (Wildman–Crippen LogP) is 4.54. The van der Waals surface area contributed by atoms with Crippen molar-refractivity contribution in [2.45, 2.75) is 6.92 Å². The highest BCUT2D eigenvalue weighted by Gasteiger charge is 2.15. The second-order valence-electron chi connectivity index (χ2n) is 4.99. The van der Waals surface area contributed by atoms with Gasteiger partial charge in [-0.15, -0.1) is 0 Å². The van der Waals surface area contributed by atoms with Crippen LogP contribution in [0.3, 0.4) is 0 Å². The van der Waals surface area contributed by atoms with Gasteiger partial charge in [-0.1, -0.05) is 23.7 Å². The van der Waals surface area contributed by atoms with Crippen molar-refractivity contribution in [3.8, 4) is 17.2 Å². The lowest BCUT2D eigenvalue weighted by Gasteiger charge is -2.06. The van der Waals surface area contributed by atoms with Crippen molar-refractivity contribution in [3.63, 3.8) is 0 Å². The van der Waals surface area contributed by atoms with Crippen molar-refractivity contribution in [1.29, 1.82) is 5.26 Å². The number of fused-ring (bicyclic) bond motifs is 1. The topological polar surface area (TPSA) is 65.9 Å². The zero-order chi connectivity index (χ0) is 16.4. The van der Waals surface area contributed by atoms with Gasteiger partial charge in [0, 0.05) is 22.7 Å². The Bertz CT molecular complexity index is 921. The first-order chi connectivity index (χ1) is 11.1. The van der Waals surface area contributed by atoms with E-state index >= 15 is 0 Å². The van der Waals surface area contributed by atoms with Crippen molar-refractivity contribution < 1.29 is 9.53 Å². The van der Waals surface area contributed by atoms with Gasteiger partial charge in [0.2, 0.25) is 0 Å². The number of nitrogens with zero attached hydrogens (tertiary/aromatic N) is 1. The molecule has 3 rings (SSSR count). The summed E-state index contributed by atoms with van der Waals surface area (Å²) in [6, 6.07) is 12.9. The predicted molar refractivity (Wildman–Crippen MR) is 89.4 cm³/mol. The SMILES string of the molecule is CCOC(=O)c1c[nH]c2cc(Cl)c(-c3ccc(C#N)cc3)cc12. The number of hydrogen-bond acceptors (Lipinski definition) is 3. The number of benzene rings is 2. The molecule has 4 nitrogen and oxygen atoms in total. The normalized spacial score (nSPS) is 10.5.